The standard InChI is InChI=1S/C6H5ClF3NO/c7-4-2-1-3(12-4)5(11)6(8,9)10/h1-2,5H,11H2/t5-/m1/s1. The number of nitrogens with two attached hydrogens (primary N) is 1. The number of hydrogen-bond donors (Lipinski definition) is 1. The third-order valence-electron chi connectivity index (χ3n) is 1.25. The Labute approximate surface area is 71.1 Å². The van der Waals surface area contributed by atoms with Gasteiger partial charge in [0.1, 0.15) is 5.76 Å². The molecule has 1 atom stereocenters. The second-order valence-corrected chi connectivity index (χ2v) is 2.53. The molecule has 0 aliphatic heterocycles. The summed E-state index contributed by atoms with van der Waals surface area (Å²) in [6.07, 6.45) is -4.50. The molecule has 2 nitrogen and oxygen atoms in total. The normalized spacial score (nSPS) is 14.8. The van der Waals surface area contributed by atoms with E-state index in [9.17, 15) is 13.2 Å². The molecule has 0 saturated heterocycles. The summed E-state index contributed by atoms with van der Waals surface area (Å²) in [5.41, 5.74) is 4.81. The molecule has 1 rings (SSSR count). The molecule has 0 spiro atoms. The number of furan rings is 1. The Balaban J connectivity index is 2.85. The molecular weight excluding hydrogens is 195 g/mol. The van der Waals surface area contributed by atoms with E-state index in [-0.39, 0.29) is 11.0 Å². The minimum absolute atomic E-state index is 0.107. The predicted molar refractivity (Wildman–Crippen MR) is 36.7 cm³/mol. The van der Waals surface area contributed by atoms with Gasteiger partial charge < -0.3 is 10.2 Å². The van der Waals surface area contributed by atoms with Crippen molar-refractivity contribution in [1.82, 2.24) is 0 Å². The van der Waals surface area contributed by atoms with Crippen LogP contribution in [0, 0.1) is 0 Å². The van der Waals surface area contributed by atoms with Crippen LogP contribution in [0.2, 0.25) is 5.22 Å². The van der Waals surface area contributed by atoms with E-state index in [4.69, 9.17) is 17.3 Å². The van der Waals surface area contributed by atoms with Crippen molar-refractivity contribution in [3.05, 3.63) is 23.1 Å². The molecule has 0 unspecified atom stereocenters. The van der Waals surface area contributed by atoms with Crippen molar-refractivity contribution in [2.45, 2.75) is 12.2 Å². The highest BCUT2D eigenvalue weighted by Gasteiger charge is 2.39. The summed E-state index contributed by atoms with van der Waals surface area (Å²) >= 11 is 5.26. The van der Waals surface area contributed by atoms with Crippen molar-refractivity contribution in [2.24, 2.45) is 5.73 Å². The third-order valence-corrected chi connectivity index (χ3v) is 1.46. The van der Waals surface area contributed by atoms with Crippen molar-refractivity contribution in [2.75, 3.05) is 0 Å². The van der Waals surface area contributed by atoms with Crippen LogP contribution in [0.15, 0.2) is 16.5 Å². The van der Waals surface area contributed by atoms with Gasteiger partial charge in [-0.3, -0.25) is 0 Å². The van der Waals surface area contributed by atoms with Gasteiger partial charge >= 0.3 is 6.18 Å². The number of halogens is 4. The molecular formula is C6H5ClF3NO. The van der Waals surface area contributed by atoms with E-state index >= 15 is 0 Å². The SMILES string of the molecule is N[C@H](c1ccc(Cl)o1)C(F)(F)F. The van der Waals surface area contributed by atoms with Crippen LogP contribution >= 0.6 is 11.6 Å². The summed E-state index contributed by atoms with van der Waals surface area (Å²) in [5, 5.41) is -0.107. The third kappa shape index (κ3) is 1.92. The van der Waals surface area contributed by atoms with Gasteiger partial charge in [-0.2, -0.15) is 13.2 Å². The fourth-order valence-electron chi connectivity index (χ4n) is 0.657. The Morgan fingerprint density at radius 2 is 2.00 bits per heavy atom. The Morgan fingerprint density at radius 3 is 2.33 bits per heavy atom. The lowest BCUT2D eigenvalue weighted by molar-refractivity contribution is -0.152. The first-order valence-corrected chi connectivity index (χ1v) is 3.36. The second kappa shape index (κ2) is 2.99. The Kier molecular flexibility index (Phi) is 2.34. The smallest absolute Gasteiger partial charge is 0.410 e. The van der Waals surface area contributed by atoms with Crippen LogP contribution in [-0.4, -0.2) is 6.18 Å². The lowest BCUT2D eigenvalue weighted by Crippen LogP contribution is -2.27. The molecule has 0 aliphatic carbocycles. The molecule has 0 aliphatic rings. The van der Waals surface area contributed by atoms with E-state index in [1.807, 2.05) is 0 Å². The highest BCUT2D eigenvalue weighted by molar-refractivity contribution is 6.28. The van der Waals surface area contributed by atoms with Crippen molar-refractivity contribution >= 4 is 11.6 Å². The van der Waals surface area contributed by atoms with Crippen LogP contribution in [-0.2, 0) is 0 Å². The highest BCUT2D eigenvalue weighted by Crippen LogP contribution is 2.31. The number of hydrogen-bond acceptors (Lipinski definition) is 2. The zero-order valence-corrected chi connectivity index (χ0v) is 6.49. The quantitative estimate of drug-likeness (QED) is 0.755. The van der Waals surface area contributed by atoms with Crippen LogP contribution in [0.5, 0.6) is 0 Å². The molecule has 1 aromatic heterocycles. The van der Waals surface area contributed by atoms with Gasteiger partial charge in [-0.1, -0.05) is 0 Å². The monoisotopic (exact) mass is 199 g/mol. The molecule has 12 heavy (non-hydrogen) atoms. The van der Waals surface area contributed by atoms with E-state index in [1.54, 1.807) is 0 Å². The van der Waals surface area contributed by atoms with Crippen molar-refractivity contribution < 1.29 is 17.6 Å². The zero-order valence-electron chi connectivity index (χ0n) is 5.73. The topological polar surface area (TPSA) is 39.2 Å². The maximum absolute atomic E-state index is 11.9. The van der Waals surface area contributed by atoms with Gasteiger partial charge in [0.2, 0.25) is 0 Å². The fourth-order valence-corrected chi connectivity index (χ4v) is 0.809. The van der Waals surface area contributed by atoms with E-state index in [0.717, 1.165) is 6.07 Å². The van der Waals surface area contributed by atoms with Crippen molar-refractivity contribution in [3.63, 3.8) is 0 Å². The molecule has 1 aromatic rings. The summed E-state index contributed by atoms with van der Waals surface area (Å²) in [7, 11) is 0. The second-order valence-electron chi connectivity index (χ2n) is 2.16. The first-order valence-electron chi connectivity index (χ1n) is 2.99. The van der Waals surface area contributed by atoms with Crippen LogP contribution < -0.4 is 5.73 Å². The molecule has 0 fully saturated rings. The summed E-state index contributed by atoms with van der Waals surface area (Å²) in [6.45, 7) is 0. The van der Waals surface area contributed by atoms with E-state index < -0.39 is 12.2 Å². The molecule has 0 bridgehead atoms. The van der Waals surface area contributed by atoms with Gasteiger partial charge in [-0.15, -0.1) is 0 Å². The minimum Gasteiger partial charge on any atom is -0.448 e. The van der Waals surface area contributed by atoms with Gasteiger partial charge in [-0.05, 0) is 23.7 Å². The lowest BCUT2D eigenvalue weighted by Gasteiger charge is -2.11. The van der Waals surface area contributed by atoms with E-state index in [0.29, 0.717) is 0 Å². The fraction of sp³-hybridized carbons (Fsp3) is 0.333. The average Bonchev–Trinajstić information content (AvgIpc) is 2.32. The van der Waals surface area contributed by atoms with Gasteiger partial charge in [0.25, 0.3) is 0 Å². The first kappa shape index (κ1) is 9.41. The maximum Gasteiger partial charge on any atom is 0.410 e. The molecule has 0 aromatic carbocycles. The highest BCUT2D eigenvalue weighted by atomic mass is 35.5. The van der Waals surface area contributed by atoms with Crippen LogP contribution in [0.1, 0.15) is 11.8 Å². The van der Waals surface area contributed by atoms with Crippen LogP contribution in [0.4, 0.5) is 13.2 Å². The molecule has 0 radical (unpaired) electrons. The molecule has 2 N–H and O–H groups in total. The summed E-state index contributed by atoms with van der Waals surface area (Å²) in [5.74, 6) is -0.382. The molecule has 0 saturated carbocycles. The maximum atomic E-state index is 11.9. The van der Waals surface area contributed by atoms with Gasteiger partial charge in [-0.25, -0.2) is 0 Å². The Hall–Kier alpha value is -0.680. The van der Waals surface area contributed by atoms with Gasteiger partial charge in [0.15, 0.2) is 11.3 Å². The molecule has 1 heterocycles. The van der Waals surface area contributed by atoms with Gasteiger partial charge in [0, 0.05) is 0 Å². The molecule has 6 heteroatoms. The van der Waals surface area contributed by atoms with E-state index in [2.05, 4.69) is 4.42 Å². The molecule has 0 amide bonds. The summed E-state index contributed by atoms with van der Waals surface area (Å²) in [4.78, 5) is 0. The Bertz CT molecular complexity index is 270. The predicted octanol–water partition coefficient (Wildman–Crippen LogP) is 2.50. The van der Waals surface area contributed by atoms with E-state index in [1.165, 1.54) is 6.07 Å². The number of rotatable bonds is 1. The number of alkyl halides is 3. The average molecular weight is 200 g/mol. The van der Waals surface area contributed by atoms with Gasteiger partial charge in [0.05, 0.1) is 0 Å². The summed E-state index contributed by atoms with van der Waals surface area (Å²) < 4.78 is 40.2. The van der Waals surface area contributed by atoms with Crippen molar-refractivity contribution in [3.8, 4) is 0 Å². The van der Waals surface area contributed by atoms with Crippen LogP contribution in [0.3, 0.4) is 0 Å². The minimum atomic E-state index is -4.50. The van der Waals surface area contributed by atoms with Crippen LogP contribution in [0.25, 0.3) is 0 Å². The zero-order chi connectivity index (χ0) is 9.35. The summed E-state index contributed by atoms with van der Waals surface area (Å²) in [6, 6.07) is 0.202. The van der Waals surface area contributed by atoms with Crippen molar-refractivity contribution in [1.29, 1.82) is 0 Å². The Morgan fingerprint density at radius 1 is 1.42 bits per heavy atom. The largest absolute Gasteiger partial charge is 0.448 e. The first-order chi connectivity index (χ1) is 5.41. The lowest BCUT2D eigenvalue weighted by atomic mass is 10.2. The molecule has 68 valence electrons.